The molecule has 0 aliphatic carbocycles. The molecule has 1 aromatic rings. The number of ether oxygens (including phenoxy) is 1. The Morgan fingerprint density at radius 2 is 2.19 bits per heavy atom. The molecule has 1 fully saturated rings. The van der Waals surface area contributed by atoms with Crippen LogP contribution in [-0.4, -0.2) is 55.4 Å². The Bertz CT molecular complexity index is 425. The van der Waals surface area contributed by atoms with E-state index in [0.29, 0.717) is 19.2 Å². The maximum Gasteiger partial charge on any atom is 0.122 e. The lowest BCUT2D eigenvalue weighted by Gasteiger charge is -2.32. The van der Waals surface area contributed by atoms with E-state index in [1.54, 1.807) is 0 Å². The molecule has 2 atom stereocenters. The van der Waals surface area contributed by atoms with Crippen LogP contribution in [0.1, 0.15) is 24.8 Å². The van der Waals surface area contributed by atoms with E-state index in [2.05, 4.69) is 17.3 Å². The Labute approximate surface area is 128 Å². The third-order valence-electron chi connectivity index (χ3n) is 4.21. The van der Waals surface area contributed by atoms with Gasteiger partial charge in [0.05, 0.1) is 0 Å². The number of aryl methyl sites for hydroxylation is 1. The van der Waals surface area contributed by atoms with Gasteiger partial charge in [0.1, 0.15) is 18.5 Å². The van der Waals surface area contributed by atoms with Gasteiger partial charge in [-0.3, -0.25) is 0 Å². The molecule has 1 saturated heterocycles. The van der Waals surface area contributed by atoms with Crippen LogP contribution in [0.4, 0.5) is 0 Å². The third-order valence-corrected chi connectivity index (χ3v) is 4.21. The molecule has 0 aromatic heterocycles. The molecule has 4 nitrogen and oxygen atoms in total. The van der Waals surface area contributed by atoms with Gasteiger partial charge in [-0.1, -0.05) is 24.6 Å². The predicted molar refractivity (Wildman–Crippen MR) is 85.8 cm³/mol. The van der Waals surface area contributed by atoms with Gasteiger partial charge in [-0.25, -0.2) is 0 Å². The second-order valence-electron chi connectivity index (χ2n) is 6.02. The first-order valence-corrected chi connectivity index (χ1v) is 7.94. The fourth-order valence-electron chi connectivity index (χ4n) is 2.78. The molecule has 0 spiro atoms. The van der Waals surface area contributed by atoms with Crippen molar-refractivity contribution in [1.29, 1.82) is 0 Å². The number of hydrogen-bond donors (Lipinski definition) is 2. The summed E-state index contributed by atoms with van der Waals surface area (Å²) in [6.07, 6.45) is 3.40. The maximum absolute atomic E-state index is 10.00. The summed E-state index contributed by atoms with van der Waals surface area (Å²) in [6, 6.07) is 8.49. The zero-order valence-electron chi connectivity index (χ0n) is 13.2. The largest absolute Gasteiger partial charge is 0.491 e. The van der Waals surface area contributed by atoms with Crippen LogP contribution in [0.3, 0.4) is 0 Å². The number of likely N-dealkylation sites (N-methyl/N-ethyl adjacent to an activating group) is 1. The highest BCUT2D eigenvalue weighted by molar-refractivity contribution is 5.31. The number of nitrogens with one attached hydrogen (secondary N) is 1. The number of piperidine rings is 1. The van der Waals surface area contributed by atoms with Crippen molar-refractivity contribution in [3.05, 3.63) is 29.8 Å². The summed E-state index contributed by atoms with van der Waals surface area (Å²) in [5.41, 5.74) is 1.10. The molecular weight excluding hydrogens is 264 g/mol. The molecule has 0 radical (unpaired) electrons. The normalized spacial score (nSPS) is 21.2. The number of aliphatic hydroxyl groups excluding tert-OH is 1. The summed E-state index contributed by atoms with van der Waals surface area (Å²) in [5, 5.41) is 13.4. The van der Waals surface area contributed by atoms with Gasteiger partial charge in [0.2, 0.25) is 0 Å². The lowest BCUT2D eigenvalue weighted by Crippen LogP contribution is -2.45. The molecule has 0 bridgehead atoms. The van der Waals surface area contributed by atoms with Crippen molar-refractivity contribution < 1.29 is 9.84 Å². The summed E-state index contributed by atoms with van der Waals surface area (Å²) in [6.45, 7) is 5.05. The van der Waals surface area contributed by atoms with Crippen molar-refractivity contribution in [2.45, 2.75) is 38.3 Å². The molecule has 0 amide bonds. The molecule has 1 aliphatic heterocycles. The standard InChI is InChI=1S/C17H28N2O2/c1-14-7-3-4-9-17(14)21-13-16(20)12-18-11-15-8-5-6-10-19(15)2/h3-4,7,9,15-16,18,20H,5-6,8,10-13H2,1-2H3. The minimum absolute atomic E-state index is 0.332. The first kappa shape index (κ1) is 16.3. The number of aliphatic hydroxyl groups is 1. The van der Waals surface area contributed by atoms with E-state index in [1.807, 2.05) is 31.2 Å². The van der Waals surface area contributed by atoms with Gasteiger partial charge < -0.3 is 20.1 Å². The topological polar surface area (TPSA) is 44.7 Å². The zero-order valence-corrected chi connectivity index (χ0v) is 13.2. The SMILES string of the molecule is Cc1ccccc1OCC(O)CNCC1CCCCN1C. The van der Waals surface area contributed by atoms with Crippen molar-refractivity contribution in [3.63, 3.8) is 0 Å². The fourth-order valence-corrected chi connectivity index (χ4v) is 2.78. The fraction of sp³-hybridized carbons (Fsp3) is 0.647. The Balaban J connectivity index is 1.63. The third kappa shape index (κ3) is 5.30. The van der Waals surface area contributed by atoms with Crippen LogP contribution in [0.2, 0.25) is 0 Å². The molecule has 1 aliphatic rings. The summed E-state index contributed by atoms with van der Waals surface area (Å²) in [7, 11) is 2.18. The lowest BCUT2D eigenvalue weighted by molar-refractivity contribution is 0.101. The van der Waals surface area contributed by atoms with E-state index in [0.717, 1.165) is 17.9 Å². The number of rotatable bonds is 7. The zero-order chi connectivity index (χ0) is 15.1. The molecule has 2 N–H and O–H groups in total. The summed E-state index contributed by atoms with van der Waals surface area (Å²) >= 11 is 0. The molecule has 118 valence electrons. The molecule has 2 unspecified atom stereocenters. The summed E-state index contributed by atoms with van der Waals surface area (Å²) < 4.78 is 5.66. The Morgan fingerprint density at radius 3 is 2.95 bits per heavy atom. The lowest BCUT2D eigenvalue weighted by atomic mass is 10.0. The van der Waals surface area contributed by atoms with E-state index in [1.165, 1.54) is 25.8 Å². The first-order chi connectivity index (χ1) is 10.2. The van der Waals surface area contributed by atoms with Gasteiger partial charge in [-0.15, -0.1) is 0 Å². The highest BCUT2D eigenvalue weighted by Crippen LogP contribution is 2.16. The van der Waals surface area contributed by atoms with Crippen molar-refractivity contribution >= 4 is 0 Å². The number of para-hydroxylation sites is 1. The quantitative estimate of drug-likeness (QED) is 0.804. The van der Waals surface area contributed by atoms with Crippen LogP contribution in [0.5, 0.6) is 5.75 Å². The van der Waals surface area contributed by atoms with Crippen LogP contribution in [0, 0.1) is 6.92 Å². The van der Waals surface area contributed by atoms with Crippen LogP contribution in [0.25, 0.3) is 0 Å². The Kier molecular flexibility index (Phi) is 6.49. The predicted octanol–water partition coefficient (Wildman–Crippen LogP) is 1.81. The highest BCUT2D eigenvalue weighted by Gasteiger charge is 2.18. The second-order valence-corrected chi connectivity index (χ2v) is 6.02. The van der Waals surface area contributed by atoms with Crippen LogP contribution < -0.4 is 10.1 Å². The Hall–Kier alpha value is -1.10. The summed E-state index contributed by atoms with van der Waals surface area (Å²) in [4.78, 5) is 2.41. The van der Waals surface area contributed by atoms with Gasteiger partial charge in [0, 0.05) is 19.1 Å². The minimum atomic E-state index is -0.474. The minimum Gasteiger partial charge on any atom is -0.491 e. The molecule has 0 saturated carbocycles. The van der Waals surface area contributed by atoms with Crippen molar-refractivity contribution in [2.24, 2.45) is 0 Å². The van der Waals surface area contributed by atoms with E-state index in [-0.39, 0.29) is 0 Å². The van der Waals surface area contributed by atoms with E-state index in [4.69, 9.17) is 4.74 Å². The molecule has 4 heteroatoms. The van der Waals surface area contributed by atoms with Gasteiger partial charge in [-0.2, -0.15) is 0 Å². The molecule has 1 aromatic carbocycles. The van der Waals surface area contributed by atoms with E-state index >= 15 is 0 Å². The van der Waals surface area contributed by atoms with E-state index in [9.17, 15) is 5.11 Å². The van der Waals surface area contributed by atoms with Crippen LogP contribution in [-0.2, 0) is 0 Å². The number of benzene rings is 1. The van der Waals surface area contributed by atoms with Crippen LogP contribution >= 0.6 is 0 Å². The van der Waals surface area contributed by atoms with E-state index < -0.39 is 6.10 Å². The van der Waals surface area contributed by atoms with Crippen molar-refractivity contribution in [3.8, 4) is 5.75 Å². The number of hydrogen-bond acceptors (Lipinski definition) is 4. The number of nitrogens with zero attached hydrogens (tertiary/aromatic N) is 1. The van der Waals surface area contributed by atoms with Crippen molar-refractivity contribution in [1.82, 2.24) is 10.2 Å². The van der Waals surface area contributed by atoms with Gasteiger partial charge in [0.15, 0.2) is 0 Å². The van der Waals surface area contributed by atoms with Gasteiger partial charge in [0.25, 0.3) is 0 Å². The summed E-state index contributed by atoms with van der Waals surface area (Å²) in [5.74, 6) is 0.851. The molecule has 21 heavy (non-hydrogen) atoms. The second kappa shape index (κ2) is 8.37. The van der Waals surface area contributed by atoms with Crippen molar-refractivity contribution in [2.75, 3.05) is 33.3 Å². The van der Waals surface area contributed by atoms with Gasteiger partial charge in [-0.05, 0) is 45.0 Å². The average Bonchev–Trinajstić information content (AvgIpc) is 2.48. The molecular formula is C17H28N2O2. The monoisotopic (exact) mass is 292 g/mol. The smallest absolute Gasteiger partial charge is 0.122 e. The first-order valence-electron chi connectivity index (χ1n) is 7.94. The maximum atomic E-state index is 10.00. The van der Waals surface area contributed by atoms with Gasteiger partial charge >= 0.3 is 0 Å². The molecule has 1 heterocycles. The average molecular weight is 292 g/mol. The van der Waals surface area contributed by atoms with Crippen LogP contribution in [0.15, 0.2) is 24.3 Å². The Morgan fingerprint density at radius 1 is 1.38 bits per heavy atom. The highest BCUT2D eigenvalue weighted by atomic mass is 16.5. The number of likely N-dealkylation sites (tertiary alicyclic amines) is 1. The molecule has 2 rings (SSSR count).